The second-order valence-corrected chi connectivity index (χ2v) is 1.67. The van der Waals surface area contributed by atoms with Gasteiger partial charge < -0.3 is 15.6 Å². The molecular formula is C5H9NO4. The summed E-state index contributed by atoms with van der Waals surface area (Å²) in [5, 5.41) is 8.26. The summed E-state index contributed by atoms with van der Waals surface area (Å²) >= 11 is 0. The van der Waals surface area contributed by atoms with Gasteiger partial charge in [0, 0.05) is 13.5 Å². The van der Waals surface area contributed by atoms with E-state index in [0.717, 1.165) is 6.92 Å². The number of nitrogens with two attached hydrogens (primary N) is 1. The smallest absolute Gasteiger partial charge is 0.346 e. The maximum absolute atomic E-state index is 10.2. The SMILES string of the molecule is CC(=O)OC(CN)C(=O)O. The highest BCUT2D eigenvalue weighted by molar-refractivity contribution is 5.77. The van der Waals surface area contributed by atoms with Crippen LogP contribution in [0.4, 0.5) is 0 Å². The first-order chi connectivity index (χ1) is 4.57. The lowest BCUT2D eigenvalue weighted by atomic mass is 10.4. The summed E-state index contributed by atoms with van der Waals surface area (Å²) in [5.74, 6) is -1.87. The number of esters is 1. The molecule has 0 amide bonds. The van der Waals surface area contributed by atoms with Gasteiger partial charge in [0.1, 0.15) is 0 Å². The topological polar surface area (TPSA) is 89.6 Å². The summed E-state index contributed by atoms with van der Waals surface area (Å²) in [7, 11) is 0. The van der Waals surface area contributed by atoms with Gasteiger partial charge in [0.05, 0.1) is 0 Å². The van der Waals surface area contributed by atoms with Crippen LogP contribution in [0.1, 0.15) is 6.92 Å². The Hall–Kier alpha value is -1.10. The van der Waals surface area contributed by atoms with E-state index in [-0.39, 0.29) is 6.54 Å². The summed E-state index contributed by atoms with van der Waals surface area (Å²) in [5.41, 5.74) is 4.96. The number of ether oxygens (including phenoxy) is 1. The maximum atomic E-state index is 10.2. The molecule has 0 aliphatic rings. The van der Waals surface area contributed by atoms with Crippen LogP contribution in [-0.2, 0) is 14.3 Å². The molecule has 5 nitrogen and oxygen atoms in total. The van der Waals surface area contributed by atoms with Crippen molar-refractivity contribution in [2.45, 2.75) is 13.0 Å². The lowest BCUT2D eigenvalue weighted by Crippen LogP contribution is -2.33. The van der Waals surface area contributed by atoms with Gasteiger partial charge in [-0.25, -0.2) is 4.79 Å². The largest absolute Gasteiger partial charge is 0.478 e. The molecule has 5 heteroatoms. The molecule has 1 atom stereocenters. The lowest BCUT2D eigenvalue weighted by molar-refractivity contribution is -0.161. The quantitative estimate of drug-likeness (QED) is 0.498. The molecule has 0 radical (unpaired) electrons. The molecule has 0 aliphatic carbocycles. The molecule has 58 valence electrons. The first-order valence-electron chi connectivity index (χ1n) is 2.68. The number of aliphatic carboxylic acids is 1. The van der Waals surface area contributed by atoms with Crippen LogP contribution in [0.3, 0.4) is 0 Å². The van der Waals surface area contributed by atoms with E-state index in [1.807, 2.05) is 0 Å². The summed E-state index contributed by atoms with van der Waals surface area (Å²) in [6.45, 7) is 0.931. The number of carbonyl (C=O) groups is 2. The van der Waals surface area contributed by atoms with Gasteiger partial charge >= 0.3 is 11.9 Å². The van der Waals surface area contributed by atoms with Crippen LogP contribution >= 0.6 is 0 Å². The third-order valence-corrected chi connectivity index (χ3v) is 0.798. The Balaban J connectivity index is 3.83. The van der Waals surface area contributed by atoms with Gasteiger partial charge in [-0.1, -0.05) is 0 Å². The molecule has 0 aromatic carbocycles. The monoisotopic (exact) mass is 147 g/mol. The van der Waals surface area contributed by atoms with E-state index in [0.29, 0.717) is 0 Å². The van der Waals surface area contributed by atoms with E-state index >= 15 is 0 Å². The molecule has 0 rings (SSSR count). The van der Waals surface area contributed by atoms with Gasteiger partial charge in [0.2, 0.25) is 6.10 Å². The van der Waals surface area contributed by atoms with Crippen molar-refractivity contribution in [2.75, 3.05) is 6.54 Å². The van der Waals surface area contributed by atoms with E-state index in [1.165, 1.54) is 0 Å². The molecular weight excluding hydrogens is 138 g/mol. The van der Waals surface area contributed by atoms with Crippen LogP contribution in [0.15, 0.2) is 0 Å². The zero-order valence-corrected chi connectivity index (χ0v) is 5.53. The van der Waals surface area contributed by atoms with Crippen molar-refractivity contribution in [3.8, 4) is 0 Å². The second-order valence-electron chi connectivity index (χ2n) is 1.67. The standard InChI is InChI=1S/C5H9NO4/c1-3(7)10-4(2-6)5(8)9/h4H,2,6H2,1H3,(H,8,9). The van der Waals surface area contributed by atoms with Crippen LogP contribution in [0.5, 0.6) is 0 Å². The van der Waals surface area contributed by atoms with Gasteiger partial charge in [0.15, 0.2) is 0 Å². The van der Waals surface area contributed by atoms with Crippen molar-refractivity contribution in [1.82, 2.24) is 0 Å². The third-order valence-electron chi connectivity index (χ3n) is 0.798. The molecule has 1 unspecified atom stereocenters. The molecule has 0 spiro atoms. The Bertz CT molecular complexity index is 145. The fourth-order valence-electron chi connectivity index (χ4n) is 0.400. The van der Waals surface area contributed by atoms with E-state index in [2.05, 4.69) is 4.74 Å². The van der Waals surface area contributed by atoms with Crippen molar-refractivity contribution in [1.29, 1.82) is 0 Å². The van der Waals surface area contributed by atoms with Crippen molar-refractivity contribution in [3.63, 3.8) is 0 Å². The van der Waals surface area contributed by atoms with Gasteiger partial charge in [-0.2, -0.15) is 0 Å². The van der Waals surface area contributed by atoms with Crippen molar-refractivity contribution >= 4 is 11.9 Å². The van der Waals surface area contributed by atoms with Gasteiger partial charge in [-0.3, -0.25) is 4.79 Å². The highest BCUT2D eigenvalue weighted by atomic mass is 16.6. The number of rotatable bonds is 3. The zero-order valence-electron chi connectivity index (χ0n) is 5.53. The van der Waals surface area contributed by atoms with E-state index in [1.54, 1.807) is 0 Å². The van der Waals surface area contributed by atoms with Crippen LogP contribution in [0.2, 0.25) is 0 Å². The molecule has 0 fully saturated rings. The predicted octanol–water partition coefficient (Wildman–Crippen LogP) is -1.04. The summed E-state index contributed by atoms with van der Waals surface area (Å²) < 4.78 is 4.30. The average molecular weight is 147 g/mol. The third kappa shape index (κ3) is 3.03. The first-order valence-corrected chi connectivity index (χ1v) is 2.68. The molecule has 0 saturated heterocycles. The van der Waals surface area contributed by atoms with Crippen molar-refractivity contribution < 1.29 is 19.4 Å². The highest BCUT2D eigenvalue weighted by Gasteiger charge is 2.17. The Morgan fingerprint density at radius 2 is 2.20 bits per heavy atom. The van der Waals surface area contributed by atoms with Gasteiger partial charge in [0.25, 0.3) is 0 Å². The van der Waals surface area contributed by atoms with Crippen molar-refractivity contribution in [3.05, 3.63) is 0 Å². The van der Waals surface area contributed by atoms with Crippen LogP contribution < -0.4 is 5.73 Å². The Morgan fingerprint density at radius 1 is 1.70 bits per heavy atom. The molecule has 0 aliphatic heterocycles. The normalized spacial score (nSPS) is 12.2. The Kier molecular flexibility index (Phi) is 3.42. The van der Waals surface area contributed by atoms with Crippen LogP contribution in [-0.4, -0.2) is 29.7 Å². The fraction of sp³-hybridized carbons (Fsp3) is 0.600. The minimum absolute atomic E-state index is 0.199. The summed E-state index contributed by atoms with van der Waals surface area (Å²) in [4.78, 5) is 20.3. The minimum Gasteiger partial charge on any atom is -0.478 e. The number of hydrogen-bond donors (Lipinski definition) is 2. The highest BCUT2D eigenvalue weighted by Crippen LogP contribution is 1.89. The van der Waals surface area contributed by atoms with Crippen molar-refractivity contribution in [2.24, 2.45) is 5.73 Å². The molecule has 0 aromatic heterocycles. The van der Waals surface area contributed by atoms with Crippen LogP contribution in [0.25, 0.3) is 0 Å². The fourth-order valence-corrected chi connectivity index (χ4v) is 0.400. The van der Waals surface area contributed by atoms with E-state index in [9.17, 15) is 9.59 Å². The van der Waals surface area contributed by atoms with E-state index < -0.39 is 18.0 Å². The molecule has 3 N–H and O–H groups in total. The van der Waals surface area contributed by atoms with Gasteiger partial charge in [-0.05, 0) is 0 Å². The van der Waals surface area contributed by atoms with Crippen LogP contribution in [0, 0.1) is 0 Å². The average Bonchev–Trinajstić information content (AvgIpc) is 1.81. The molecule has 0 saturated carbocycles. The zero-order chi connectivity index (χ0) is 8.15. The first kappa shape index (κ1) is 8.90. The maximum Gasteiger partial charge on any atom is 0.346 e. The number of carboxylic acids is 1. The number of carbonyl (C=O) groups excluding carboxylic acids is 1. The predicted molar refractivity (Wildman–Crippen MR) is 32.2 cm³/mol. The Labute approximate surface area is 57.8 Å². The number of carboxylic acid groups (broad SMARTS) is 1. The number of hydrogen-bond acceptors (Lipinski definition) is 4. The molecule has 0 heterocycles. The molecule has 10 heavy (non-hydrogen) atoms. The van der Waals surface area contributed by atoms with E-state index in [4.69, 9.17) is 10.8 Å². The Morgan fingerprint density at radius 3 is 2.30 bits per heavy atom. The van der Waals surface area contributed by atoms with Gasteiger partial charge in [-0.15, -0.1) is 0 Å². The lowest BCUT2D eigenvalue weighted by Gasteiger charge is -2.08. The summed E-state index contributed by atoms with van der Waals surface area (Å²) in [6.07, 6.45) is -1.21. The minimum atomic E-state index is -1.22. The summed E-state index contributed by atoms with van der Waals surface area (Å²) in [6, 6.07) is 0. The molecule has 0 bridgehead atoms. The molecule has 0 aromatic rings. The second kappa shape index (κ2) is 3.84.